The molecule has 0 aromatic heterocycles. The second-order valence-electron chi connectivity index (χ2n) is 9.78. The van der Waals surface area contributed by atoms with Gasteiger partial charge in [-0.05, 0) is 57.8 Å². The van der Waals surface area contributed by atoms with E-state index in [1.54, 1.807) is 0 Å². The fraction of sp³-hybridized carbons (Fsp3) is 1.00. The summed E-state index contributed by atoms with van der Waals surface area (Å²) in [5.74, 6) is 0. The van der Waals surface area contributed by atoms with Gasteiger partial charge in [0.1, 0.15) is 0 Å². The maximum Gasteiger partial charge on any atom is 0.0627 e. The molecule has 4 aliphatic rings. The van der Waals surface area contributed by atoms with Crippen LogP contribution in [0.5, 0.6) is 0 Å². The normalized spacial score (nSPS) is 31.8. The Morgan fingerprint density at radius 3 is 1.41 bits per heavy atom. The highest BCUT2D eigenvalue weighted by Crippen LogP contribution is 2.57. The van der Waals surface area contributed by atoms with Crippen LogP contribution in [0.3, 0.4) is 0 Å². The Morgan fingerprint density at radius 2 is 0.889 bits per heavy atom. The van der Waals surface area contributed by atoms with Crippen LogP contribution in [-0.4, -0.2) is 25.1 Å². The highest BCUT2D eigenvalue weighted by atomic mass is 32.2. The van der Waals surface area contributed by atoms with Gasteiger partial charge in [0.05, 0.1) is 4.08 Å². The van der Waals surface area contributed by atoms with Gasteiger partial charge in [-0.2, -0.15) is 11.8 Å². The maximum atomic E-state index is 2.50. The fourth-order valence-electron chi connectivity index (χ4n) is 5.95. The molecule has 3 heteroatoms. The van der Waals surface area contributed by atoms with Crippen LogP contribution in [0.1, 0.15) is 122 Å². The first-order chi connectivity index (χ1) is 13.3. The number of hydrogen-bond donors (Lipinski definition) is 0. The summed E-state index contributed by atoms with van der Waals surface area (Å²) >= 11 is 7.44. The lowest BCUT2D eigenvalue weighted by Gasteiger charge is -2.45. The van der Waals surface area contributed by atoms with Crippen molar-refractivity contribution in [3.63, 3.8) is 0 Å². The molecule has 27 heavy (non-hydrogen) atoms. The average molecular weight is 427 g/mol. The quantitative estimate of drug-likeness (QED) is 0.389. The predicted octanol–water partition coefficient (Wildman–Crippen LogP) is 8.82. The number of hydrogen-bond acceptors (Lipinski definition) is 3. The molecule has 4 saturated carbocycles. The molecule has 0 aromatic rings. The van der Waals surface area contributed by atoms with E-state index in [-0.39, 0.29) is 0 Å². The Balaban J connectivity index is 1.40. The van der Waals surface area contributed by atoms with Crippen molar-refractivity contribution in [2.24, 2.45) is 0 Å². The van der Waals surface area contributed by atoms with Crippen LogP contribution in [0.4, 0.5) is 0 Å². The Hall–Kier alpha value is 1.05. The van der Waals surface area contributed by atoms with Gasteiger partial charge >= 0.3 is 0 Å². The molecule has 0 spiro atoms. The van der Waals surface area contributed by atoms with Crippen LogP contribution in [0.25, 0.3) is 0 Å². The van der Waals surface area contributed by atoms with E-state index in [2.05, 4.69) is 35.3 Å². The molecule has 0 aromatic carbocycles. The summed E-state index contributed by atoms with van der Waals surface area (Å²) in [6, 6.07) is 0. The van der Waals surface area contributed by atoms with Crippen LogP contribution < -0.4 is 0 Å². The SMILES string of the molecule is C1CCC(SC2CCCC(SC3CCCCC3)(SC3CCCCC3)C2)CC1. The molecular formula is C24H42S3. The van der Waals surface area contributed by atoms with Crippen molar-refractivity contribution >= 4 is 35.3 Å². The Kier molecular flexibility index (Phi) is 8.59. The molecule has 0 radical (unpaired) electrons. The van der Waals surface area contributed by atoms with E-state index >= 15 is 0 Å². The van der Waals surface area contributed by atoms with Gasteiger partial charge in [0.2, 0.25) is 0 Å². The third-order valence-corrected chi connectivity index (χ3v) is 12.9. The summed E-state index contributed by atoms with van der Waals surface area (Å²) in [6.45, 7) is 0. The number of rotatable bonds is 6. The Morgan fingerprint density at radius 1 is 0.444 bits per heavy atom. The van der Waals surface area contributed by atoms with Crippen molar-refractivity contribution in [1.82, 2.24) is 0 Å². The first-order valence-corrected chi connectivity index (χ1v) is 15.0. The minimum absolute atomic E-state index is 0.578. The van der Waals surface area contributed by atoms with Gasteiger partial charge in [0.25, 0.3) is 0 Å². The van der Waals surface area contributed by atoms with Crippen molar-refractivity contribution in [3.8, 4) is 0 Å². The van der Waals surface area contributed by atoms with E-state index in [1.807, 2.05) is 0 Å². The molecule has 0 aliphatic heterocycles. The second kappa shape index (κ2) is 10.9. The lowest BCUT2D eigenvalue weighted by Crippen LogP contribution is -2.36. The van der Waals surface area contributed by atoms with Crippen molar-refractivity contribution in [2.45, 2.75) is 147 Å². The van der Waals surface area contributed by atoms with E-state index in [9.17, 15) is 0 Å². The molecule has 156 valence electrons. The zero-order valence-electron chi connectivity index (χ0n) is 17.5. The van der Waals surface area contributed by atoms with Crippen LogP contribution in [0.15, 0.2) is 0 Å². The molecular weight excluding hydrogens is 384 g/mol. The Bertz CT molecular complexity index is 399. The van der Waals surface area contributed by atoms with Gasteiger partial charge < -0.3 is 0 Å². The number of thioether (sulfide) groups is 3. The molecule has 4 fully saturated rings. The molecule has 1 unspecified atom stereocenters. The van der Waals surface area contributed by atoms with Crippen molar-refractivity contribution in [3.05, 3.63) is 0 Å². The molecule has 0 nitrogen and oxygen atoms in total. The van der Waals surface area contributed by atoms with Gasteiger partial charge in [-0.15, -0.1) is 23.5 Å². The van der Waals surface area contributed by atoms with Crippen molar-refractivity contribution in [2.75, 3.05) is 0 Å². The lowest BCUT2D eigenvalue weighted by molar-refractivity contribution is 0.470. The van der Waals surface area contributed by atoms with Gasteiger partial charge in [0, 0.05) is 21.0 Å². The highest BCUT2D eigenvalue weighted by molar-refractivity contribution is 8.18. The summed E-state index contributed by atoms with van der Waals surface area (Å²) in [5, 5.41) is 3.93. The van der Waals surface area contributed by atoms with Gasteiger partial charge in [-0.1, -0.05) is 64.2 Å². The van der Waals surface area contributed by atoms with E-state index in [4.69, 9.17) is 0 Å². The highest BCUT2D eigenvalue weighted by Gasteiger charge is 2.42. The molecule has 0 bridgehead atoms. The first kappa shape index (κ1) is 21.3. The topological polar surface area (TPSA) is 0 Å². The summed E-state index contributed by atoms with van der Waals surface area (Å²) in [7, 11) is 0. The Labute approximate surface area is 181 Å². The third-order valence-electron chi connectivity index (χ3n) is 7.43. The van der Waals surface area contributed by atoms with Crippen LogP contribution >= 0.6 is 35.3 Å². The first-order valence-electron chi connectivity index (χ1n) is 12.3. The standard InChI is InChI=1S/C24H42S3/c1-4-11-20(12-5-1)25-23-17-10-18-24(19-23,26-21-13-6-2-7-14-21)27-22-15-8-3-9-16-22/h20-23H,1-19H2. The van der Waals surface area contributed by atoms with Crippen LogP contribution in [0.2, 0.25) is 0 Å². The van der Waals surface area contributed by atoms with Gasteiger partial charge in [-0.25, -0.2) is 0 Å². The van der Waals surface area contributed by atoms with E-state index in [1.165, 1.54) is 122 Å². The van der Waals surface area contributed by atoms with E-state index in [0.717, 1.165) is 21.0 Å². The van der Waals surface area contributed by atoms with Gasteiger partial charge in [0.15, 0.2) is 0 Å². The van der Waals surface area contributed by atoms with E-state index < -0.39 is 0 Å². The molecule has 0 saturated heterocycles. The molecule has 1 atom stereocenters. The summed E-state index contributed by atoms with van der Waals surface area (Å²) < 4.78 is 0.578. The third kappa shape index (κ3) is 6.51. The minimum Gasteiger partial charge on any atom is -0.155 e. The molecule has 0 heterocycles. The molecule has 4 aliphatic carbocycles. The van der Waals surface area contributed by atoms with Crippen LogP contribution in [-0.2, 0) is 0 Å². The van der Waals surface area contributed by atoms with E-state index in [0.29, 0.717) is 4.08 Å². The van der Waals surface area contributed by atoms with Crippen molar-refractivity contribution < 1.29 is 0 Å². The fourth-order valence-corrected chi connectivity index (χ4v) is 12.5. The zero-order valence-corrected chi connectivity index (χ0v) is 19.9. The molecule has 4 rings (SSSR count). The largest absolute Gasteiger partial charge is 0.155 e. The minimum atomic E-state index is 0.578. The maximum absolute atomic E-state index is 2.50. The summed E-state index contributed by atoms with van der Waals surface area (Å²) in [4.78, 5) is 0. The van der Waals surface area contributed by atoms with Crippen LogP contribution in [0, 0.1) is 0 Å². The monoisotopic (exact) mass is 426 g/mol. The zero-order chi connectivity index (χ0) is 18.4. The molecule has 0 N–H and O–H groups in total. The smallest absolute Gasteiger partial charge is 0.0627 e. The van der Waals surface area contributed by atoms with Crippen molar-refractivity contribution in [1.29, 1.82) is 0 Å². The molecule has 0 amide bonds. The average Bonchev–Trinajstić information content (AvgIpc) is 2.70. The summed E-state index contributed by atoms with van der Waals surface area (Å²) in [5.41, 5.74) is 0. The lowest BCUT2D eigenvalue weighted by atomic mass is 9.98. The second-order valence-corrected chi connectivity index (χ2v) is 15.0. The predicted molar refractivity (Wildman–Crippen MR) is 128 cm³/mol. The summed E-state index contributed by atoms with van der Waals surface area (Å²) in [6.07, 6.45) is 28.6. The van der Waals surface area contributed by atoms with Gasteiger partial charge in [-0.3, -0.25) is 0 Å².